The highest BCUT2D eigenvalue weighted by Gasteiger charge is 2.08. The Morgan fingerprint density at radius 2 is 2.04 bits per heavy atom. The van der Waals surface area contributed by atoms with Crippen molar-refractivity contribution in [2.45, 2.75) is 45.6 Å². The molecule has 0 bridgehead atoms. The first-order valence-electron chi connectivity index (χ1n) is 7.67. The highest BCUT2D eigenvalue weighted by molar-refractivity contribution is 6.30. The largest absolute Gasteiger partial charge is 0.318 e. The van der Waals surface area contributed by atoms with Crippen LogP contribution in [0.25, 0.3) is 0 Å². The van der Waals surface area contributed by atoms with Crippen molar-refractivity contribution < 1.29 is 5.03 Å². The van der Waals surface area contributed by atoms with Gasteiger partial charge in [0.15, 0.2) is 5.03 Å². The molecule has 1 aromatic heterocycles. The third-order valence-electron chi connectivity index (χ3n) is 3.43. The van der Waals surface area contributed by atoms with Gasteiger partial charge in [-0.25, -0.2) is 14.8 Å². The fraction of sp³-hybridized carbons (Fsp3) is 0.467. The van der Waals surface area contributed by atoms with Crippen LogP contribution in [0.3, 0.4) is 0 Å². The first kappa shape index (κ1) is 17.2. The van der Waals surface area contributed by atoms with E-state index in [9.17, 15) is 10.1 Å². The Morgan fingerprint density at radius 1 is 1.30 bits per heavy atom. The van der Waals surface area contributed by atoms with E-state index in [0.717, 1.165) is 37.1 Å². The number of benzene rings is 1. The number of unbranched alkanes of at least 4 members (excludes halogenated alkanes) is 3. The van der Waals surface area contributed by atoms with Gasteiger partial charge in [0.05, 0.1) is 6.54 Å². The summed E-state index contributed by atoms with van der Waals surface area (Å²) in [6, 6.07) is 7.30. The van der Waals surface area contributed by atoms with Crippen LogP contribution in [0.5, 0.6) is 0 Å². The molecule has 124 valence electrons. The zero-order chi connectivity index (χ0) is 16.7. The van der Waals surface area contributed by atoms with Crippen LogP contribution in [0.1, 0.15) is 44.0 Å². The van der Waals surface area contributed by atoms with Crippen molar-refractivity contribution in [2.75, 3.05) is 0 Å². The highest BCUT2D eigenvalue weighted by Crippen LogP contribution is 2.10. The second-order valence-electron chi connectivity index (χ2n) is 5.33. The number of aryl methyl sites for hydroxylation is 1. The molecule has 1 heterocycles. The molecule has 8 heteroatoms. The first-order chi connectivity index (χ1) is 11.1. The minimum atomic E-state index is -0.727. The maximum absolute atomic E-state index is 10.7. The van der Waals surface area contributed by atoms with E-state index in [0.29, 0.717) is 11.6 Å². The quantitative estimate of drug-likeness (QED) is 0.456. The summed E-state index contributed by atoms with van der Waals surface area (Å²) >= 11 is 5.87. The van der Waals surface area contributed by atoms with Crippen molar-refractivity contribution >= 4 is 11.6 Å². The molecule has 2 rings (SSSR count). The van der Waals surface area contributed by atoms with Gasteiger partial charge in [-0.1, -0.05) is 49.9 Å². The standard InChI is InChI=1S/C15H20ClN5O2/c1-2-3-4-5-6-14-17-15(19-21(22)23)20(18-14)11-12-7-9-13(16)10-8-12/h7-10H,2-6,11H2,1H3,(H,17,18,19). The van der Waals surface area contributed by atoms with Crippen molar-refractivity contribution in [3.63, 3.8) is 0 Å². The van der Waals surface area contributed by atoms with E-state index in [1.165, 1.54) is 6.42 Å². The highest BCUT2D eigenvalue weighted by atomic mass is 35.5. The second-order valence-corrected chi connectivity index (χ2v) is 5.77. The third kappa shape index (κ3) is 5.52. The van der Waals surface area contributed by atoms with Gasteiger partial charge >= 0.3 is 5.62 Å². The third-order valence-corrected chi connectivity index (χ3v) is 3.68. The minimum absolute atomic E-state index is 0.0791. The predicted molar refractivity (Wildman–Crippen MR) is 87.5 cm³/mol. The summed E-state index contributed by atoms with van der Waals surface area (Å²) < 4.78 is 1.58. The Morgan fingerprint density at radius 3 is 2.70 bits per heavy atom. The molecular weight excluding hydrogens is 318 g/mol. The lowest BCUT2D eigenvalue weighted by Gasteiger charge is -2.02. The molecule has 0 amide bonds. The number of aromatic amines is 1. The van der Waals surface area contributed by atoms with Gasteiger partial charge in [0.2, 0.25) is 0 Å². The number of aromatic nitrogens is 3. The van der Waals surface area contributed by atoms with Crippen molar-refractivity contribution in [1.82, 2.24) is 14.8 Å². The number of H-pyrrole nitrogens is 1. The van der Waals surface area contributed by atoms with Crippen molar-refractivity contribution in [1.29, 1.82) is 0 Å². The van der Waals surface area contributed by atoms with Gasteiger partial charge in [-0.15, -0.1) is 0 Å². The molecule has 2 aromatic rings. The van der Waals surface area contributed by atoms with Gasteiger partial charge in [0.25, 0.3) is 0 Å². The van der Waals surface area contributed by atoms with Gasteiger partial charge in [0.1, 0.15) is 10.9 Å². The number of nitrogens with one attached hydrogen (secondary N) is 1. The van der Waals surface area contributed by atoms with Gasteiger partial charge in [0, 0.05) is 11.4 Å². The molecule has 0 aliphatic rings. The van der Waals surface area contributed by atoms with Crippen LogP contribution in [0.15, 0.2) is 29.4 Å². The van der Waals surface area contributed by atoms with Gasteiger partial charge in [-0.3, -0.25) is 5.10 Å². The number of nitrogens with zero attached hydrogens (tertiary/aromatic N) is 4. The Kier molecular flexibility index (Phi) is 6.34. The Hall–Kier alpha value is -2.15. The summed E-state index contributed by atoms with van der Waals surface area (Å²) in [6.45, 7) is 2.58. The molecule has 0 saturated carbocycles. The Bertz CT molecular complexity index is 705. The number of nitro groups is 1. The van der Waals surface area contributed by atoms with Crippen molar-refractivity contribution in [3.05, 3.63) is 56.4 Å². The average Bonchev–Trinajstić information content (AvgIpc) is 2.87. The van der Waals surface area contributed by atoms with E-state index in [4.69, 9.17) is 11.6 Å². The molecular formula is C15H20ClN5O2. The van der Waals surface area contributed by atoms with Crippen molar-refractivity contribution in [3.8, 4) is 0 Å². The minimum Gasteiger partial charge on any atom is -0.282 e. The lowest BCUT2D eigenvalue weighted by atomic mass is 10.1. The van der Waals surface area contributed by atoms with Crippen LogP contribution >= 0.6 is 11.6 Å². The van der Waals surface area contributed by atoms with Crippen LogP contribution in [-0.2, 0) is 13.0 Å². The molecule has 0 aliphatic heterocycles. The molecule has 0 saturated heterocycles. The van der Waals surface area contributed by atoms with Crippen LogP contribution in [-0.4, -0.2) is 19.8 Å². The van der Waals surface area contributed by atoms with E-state index in [1.807, 2.05) is 12.1 Å². The van der Waals surface area contributed by atoms with Crippen LogP contribution in [0, 0.1) is 10.1 Å². The topological polar surface area (TPSA) is 89.1 Å². The Labute approximate surface area is 139 Å². The SMILES string of the molecule is CCCCCCc1n/c(=N\[N+](=O)[O-])n(Cc2ccc(Cl)cc2)[nH]1. The molecule has 0 atom stereocenters. The zero-order valence-electron chi connectivity index (χ0n) is 13.0. The average molecular weight is 338 g/mol. The predicted octanol–water partition coefficient (Wildman–Crippen LogP) is 3.13. The number of halogens is 1. The van der Waals surface area contributed by atoms with E-state index in [-0.39, 0.29) is 5.62 Å². The van der Waals surface area contributed by atoms with Crippen molar-refractivity contribution in [2.24, 2.45) is 5.10 Å². The van der Waals surface area contributed by atoms with Crippen LogP contribution in [0.2, 0.25) is 5.02 Å². The molecule has 0 aliphatic carbocycles. The monoisotopic (exact) mass is 337 g/mol. The van der Waals surface area contributed by atoms with Gasteiger partial charge < -0.3 is 0 Å². The number of hydrogen-bond donors (Lipinski definition) is 1. The molecule has 1 aromatic carbocycles. The fourth-order valence-corrected chi connectivity index (χ4v) is 2.40. The molecule has 0 unspecified atom stereocenters. The molecule has 0 radical (unpaired) electrons. The van der Waals surface area contributed by atoms with E-state index in [1.54, 1.807) is 16.8 Å². The fourth-order valence-electron chi connectivity index (χ4n) is 2.27. The molecule has 7 nitrogen and oxygen atoms in total. The molecule has 0 spiro atoms. The summed E-state index contributed by atoms with van der Waals surface area (Å²) in [5.74, 6) is 0.718. The number of hydrogen-bond acceptors (Lipinski definition) is 3. The van der Waals surface area contributed by atoms with Crippen LogP contribution in [0.4, 0.5) is 0 Å². The lowest BCUT2D eigenvalue weighted by Crippen LogP contribution is -2.22. The van der Waals surface area contributed by atoms with E-state index in [2.05, 4.69) is 22.1 Å². The summed E-state index contributed by atoms with van der Waals surface area (Å²) in [4.78, 5) is 14.9. The van der Waals surface area contributed by atoms with E-state index >= 15 is 0 Å². The Balaban J connectivity index is 2.17. The van der Waals surface area contributed by atoms with E-state index < -0.39 is 5.03 Å². The summed E-state index contributed by atoms with van der Waals surface area (Å²) in [6.07, 6.45) is 5.22. The maximum Gasteiger partial charge on any atom is 0.318 e. The first-order valence-corrected chi connectivity index (χ1v) is 8.05. The summed E-state index contributed by atoms with van der Waals surface area (Å²) in [5, 5.41) is 17.1. The van der Waals surface area contributed by atoms with Gasteiger partial charge in [-0.2, -0.15) is 4.98 Å². The maximum atomic E-state index is 10.7. The second kappa shape index (κ2) is 8.47. The number of rotatable bonds is 8. The molecule has 23 heavy (non-hydrogen) atoms. The molecule has 1 N–H and O–H groups in total. The molecule has 0 fully saturated rings. The van der Waals surface area contributed by atoms with Crippen LogP contribution < -0.4 is 5.62 Å². The van der Waals surface area contributed by atoms with Gasteiger partial charge in [-0.05, 0) is 24.1 Å². The summed E-state index contributed by atoms with van der Waals surface area (Å²) in [7, 11) is 0. The summed E-state index contributed by atoms with van der Waals surface area (Å²) in [5.41, 5.74) is 1.04. The zero-order valence-corrected chi connectivity index (χ0v) is 13.8. The lowest BCUT2D eigenvalue weighted by molar-refractivity contribution is -0.491. The smallest absolute Gasteiger partial charge is 0.282 e. The normalized spacial score (nSPS) is 11.8.